The molecule has 1 aliphatic carbocycles. The molecule has 1 aromatic carbocycles. The zero-order valence-corrected chi connectivity index (χ0v) is 19.5. The predicted molar refractivity (Wildman–Crippen MR) is 138 cm³/mol. The topological polar surface area (TPSA) is 76.3 Å². The van der Waals surface area contributed by atoms with Crippen molar-refractivity contribution in [1.29, 1.82) is 15.8 Å². The van der Waals surface area contributed by atoms with Crippen LogP contribution >= 0.6 is 22.7 Å². The third-order valence-electron chi connectivity index (χ3n) is 5.53. The summed E-state index contributed by atoms with van der Waals surface area (Å²) in [6, 6.07) is 28.1. The predicted octanol–water partition coefficient (Wildman–Crippen LogP) is 7.60. The van der Waals surface area contributed by atoms with E-state index >= 15 is 0 Å². The van der Waals surface area contributed by atoms with Gasteiger partial charge in [0.25, 0.3) is 0 Å². The Bertz CT molecular complexity index is 1590. The Hall–Kier alpha value is -4.41. The summed E-state index contributed by atoms with van der Waals surface area (Å²) in [4.78, 5) is 4.00. The van der Waals surface area contributed by atoms with E-state index in [1.54, 1.807) is 17.4 Å². The van der Waals surface area contributed by atoms with Crippen molar-refractivity contribution in [3.63, 3.8) is 0 Å². The molecular formula is C28H16N4S2. The van der Waals surface area contributed by atoms with E-state index in [0.717, 1.165) is 28.4 Å². The highest BCUT2D eigenvalue weighted by atomic mass is 32.1. The fraction of sp³-hybridized carbons (Fsp3) is 0.0357. The molecule has 0 radical (unpaired) electrons. The van der Waals surface area contributed by atoms with Crippen LogP contribution in [0.25, 0.3) is 38.0 Å². The van der Waals surface area contributed by atoms with Crippen LogP contribution in [0.5, 0.6) is 0 Å². The van der Waals surface area contributed by atoms with Gasteiger partial charge in [0, 0.05) is 15.4 Å². The molecule has 0 amide bonds. The SMILES string of the molecule is N#CC(C#N)=C(C#N)c1ccc(-c2ccc(-c3ccc(C4=CC=CC4)s3)n2-c2ccccc2)s1. The van der Waals surface area contributed by atoms with Gasteiger partial charge in [0.2, 0.25) is 0 Å². The summed E-state index contributed by atoms with van der Waals surface area (Å²) in [5.74, 6) is 0. The number of rotatable bonds is 5. The molecule has 0 N–H and O–H groups in total. The van der Waals surface area contributed by atoms with E-state index in [1.165, 1.54) is 26.7 Å². The van der Waals surface area contributed by atoms with E-state index in [-0.39, 0.29) is 11.1 Å². The van der Waals surface area contributed by atoms with Crippen LogP contribution in [0, 0.1) is 34.0 Å². The molecule has 6 heteroatoms. The zero-order valence-electron chi connectivity index (χ0n) is 17.9. The summed E-state index contributed by atoms with van der Waals surface area (Å²) in [5, 5.41) is 28.0. The fourth-order valence-corrected chi connectivity index (χ4v) is 6.01. The molecule has 4 aromatic rings. The van der Waals surface area contributed by atoms with Crippen LogP contribution in [0.15, 0.2) is 90.5 Å². The highest BCUT2D eigenvalue weighted by molar-refractivity contribution is 7.17. The molecule has 0 fully saturated rings. The van der Waals surface area contributed by atoms with E-state index in [2.05, 4.69) is 59.2 Å². The summed E-state index contributed by atoms with van der Waals surface area (Å²) >= 11 is 3.18. The van der Waals surface area contributed by atoms with Gasteiger partial charge in [-0.1, -0.05) is 36.4 Å². The first-order valence-electron chi connectivity index (χ1n) is 10.5. The van der Waals surface area contributed by atoms with Crippen LogP contribution in [0.4, 0.5) is 0 Å². The van der Waals surface area contributed by atoms with Gasteiger partial charge in [-0.3, -0.25) is 0 Å². The lowest BCUT2D eigenvalue weighted by atomic mass is 10.1. The van der Waals surface area contributed by atoms with Gasteiger partial charge in [-0.05, 0) is 60.5 Å². The molecule has 3 heterocycles. The van der Waals surface area contributed by atoms with Crippen molar-refractivity contribution in [2.75, 3.05) is 0 Å². The molecule has 0 bridgehead atoms. The van der Waals surface area contributed by atoms with E-state index in [0.29, 0.717) is 4.88 Å². The van der Waals surface area contributed by atoms with Crippen LogP contribution in [-0.2, 0) is 0 Å². The van der Waals surface area contributed by atoms with Gasteiger partial charge in [-0.2, -0.15) is 15.8 Å². The molecule has 3 aromatic heterocycles. The van der Waals surface area contributed by atoms with Crippen molar-refractivity contribution in [2.24, 2.45) is 0 Å². The van der Waals surface area contributed by atoms with E-state index in [9.17, 15) is 15.8 Å². The summed E-state index contributed by atoms with van der Waals surface area (Å²) in [6.07, 6.45) is 7.40. The van der Waals surface area contributed by atoms with Crippen molar-refractivity contribution in [1.82, 2.24) is 4.57 Å². The molecule has 34 heavy (non-hydrogen) atoms. The van der Waals surface area contributed by atoms with Gasteiger partial charge in [-0.25, -0.2) is 0 Å². The monoisotopic (exact) mass is 472 g/mol. The molecule has 0 atom stereocenters. The lowest BCUT2D eigenvalue weighted by Crippen LogP contribution is -1.97. The number of nitriles is 3. The highest BCUT2D eigenvalue weighted by Crippen LogP contribution is 2.41. The van der Waals surface area contributed by atoms with Crippen LogP contribution in [-0.4, -0.2) is 4.57 Å². The molecule has 0 aliphatic heterocycles. The minimum atomic E-state index is -0.170. The van der Waals surface area contributed by atoms with E-state index in [1.807, 2.05) is 42.5 Å². The van der Waals surface area contributed by atoms with Crippen LogP contribution < -0.4 is 0 Å². The molecule has 0 spiro atoms. The van der Waals surface area contributed by atoms with Gasteiger partial charge in [0.05, 0.1) is 26.7 Å². The lowest BCUT2D eigenvalue weighted by Gasteiger charge is -2.12. The van der Waals surface area contributed by atoms with Crippen LogP contribution in [0.1, 0.15) is 16.2 Å². The second kappa shape index (κ2) is 9.22. The third-order valence-corrected chi connectivity index (χ3v) is 7.84. The Morgan fingerprint density at radius 2 is 1.41 bits per heavy atom. The molecule has 1 aliphatic rings. The Balaban J connectivity index is 1.63. The third kappa shape index (κ3) is 3.81. The maximum absolute atomic E-state index is 9.55. The number of benzene rings is 1. The molecule has 0 saturated carbocycles. The number of thiophene rings is 2. The average molecular weight is 473 g/mol. The van der Waals surface area contributed by atoms with Crippen molar-refractivity contribution >= 4 is 33.8 Å². The van der Waals surface area contributed by atoms with Gasteiger partial charge >= 0.3 is 0 Å². The number of hydrogen-bond acceptors (Lipinski definition) is 5. The van der Waals surface area contributed by atoms with Crippen LogP contribution in [0.3, 0.4) is 0 Å². The summed E-state index contributed by atoms with van der Waals surface area (Å²) < 4.78 is 2.22. The second-order valence-electron chi connectivity index (χ2n) is 7.51. The number of hydrogen-bond donors (Lipinski definition) is 0. The number of aromatic nitrogens is 1. The van der Waals surface area contributed by atoms with Gasteiger partial charge in [0.15, 0.2) is 0 Å². The van der Waals surface area contributed by atoms with Gasteiger partial charge in [0.1, 0.15) is 23.8 Å². The van der Waals surface area contributed by atoms with E-state index in [4.69, 9.17) is 0 Å². The Labute approximate surface area is 205 Å². The molecule has 0 saturated heterocycles. The summed E-state index contributed by atoms with van der Waals surface area (Å²) in [5.41, 5.74) is 4.39. The summed E-state index contributed by atoms with van der Waals surface area (Å²) in [7, 11) is 0. The first-order valence-corrected chi connectivity index (χ1v) is 12.2. The maximum atomic E-state index is 9.55. The first-order chi connectivity index (χ1) is 16.7. The highest BCUT2D eigenvalue weighted by Gasteiger charge is 2.19. The van der Waals surface area contributed by atoms with Gasteiger partial charge < -0.3 is 4.57 Å². The average Bonchev–Trinajstić information content (AvgIpc) is 3.68. The second-order valence-corrected chi connectivity index (χ2v) is 9.68. The smallest absolute Gasteiger partial charge is 0.148 e. The molecular weight excluding hydrogens is 456 g/mol. The molecule has 5 rings (SSSR count). The minimum absolute atomic E-state index is 0.112. The Morgan fingerprint density at radius 3 is 2.06 bits per heavy atom. The van der Waals surface area contributed by atoms with Crippen molar-refractivity contribution < 1.29 is 0 Å². The number of nitrogens with zero attached hydrogens (tertiary/aromatic N) is 4. The minimum Gasteiger partial charge on any atom is -0.308 e. The molecule has 0 unspecified atom stereocenters. The standard InChI is InChI=1S/C28H16N4S2/c29-16-20(17-30)22(18-31)26-13-15-28(34-26)24-11-10-23(32(24)21-8-2-1-3-9-21)27-14-12-25(33-27)19-6-4-5-7-19/h1-6,8-15H,7H2. The number of para-hydroxylation sites is 1. The van der Waals surface area contributed by atoms with Crippen molar-refractivity contribution in [3.8, 4) is 45.0 Å². The van der Waals surface area contributed by atoms with Crippen molar-refractivity contribution in [3.05, 3.63) is 100 Å². The largest absolute Gasteiger partial charge is 0.308 e. The van der Waals surface area contributed by atoms with Gasteiger partial charge in [-0.15, -0.1) is 22.7 Å². The summed E-state index contributed by atoms with van der Waals surface area (Å²) in [6.45, 7) is 0. The number of allylic oxidation sites excluding steroid dienone is 6. The first kappa shape index (κ1) is 21.4. The quantitative estimate of drug-likeness (QED) is 0.281. The van der Waals surface area contributed by atoms with Crippen molar-refractivity contribution in [2.45, 2.75) is 6.42 Å². The molecule has 4 nitrogen and oxygen atoms in total. The normalized spacial score (nSPS) is 12.0. The zero-order chi connectivity index (χ0) is 23.5. The van der Waals surface area contributed by atoms with E-state index < -0.39 is 0 Å². The van der Waals surface area contributed by atoms with Crippen LogP contribution in [0.2, 0.25) is 0 Å². The Kier molecular flexibility index (Phi) is 5.81. The Morgan fingerprint density at radius 1 is 0.735 bits per heavy atom. The lowest BCUT2D eigenvalue weighted by molar-refractivity contribution is 1.10. The fourth-order valence-electron chi connectivity index (χ4n) is 3.94. The molecule has 160 valence electrons. The maximum Gasteiger partial charge on any atom is 0.148 e.